The van der Waals surface area contributed by atoms with E-state index in [0.29, 0.717) is 0 Å². The van der Waals surface area contributed by atoms with Crippen molar-refractivity contribution in [3.8, 4) is 0 Å². The van der Waals surface area contributed by atoms with Crippen LogP contribution in [0.1, 0.15) is 13.8 Å². The molecule has 0 aliphatic heterocycles. The van der Waals surface area contributed by atoms with E-state index in [1.54, 1.807) is 0 Å². The van der Waals surface area contributed by atoms with Gasteiger partial charge in [-0.2, -0.15) is 0 Å². The van der Waals surface area contributed by atoms with Gasteiger partial charge in [0.25, 0.3) is 0 Å². The molecule has 2 amide bonds. The Morgan fingerprint density at radius 3 is 2.05 bits per heavy atom. The van der Waals surface area contributed by atoms with Crippen molar-refractivity contribution in [1.29, 1.82) is 0 Å². The number of carboxylic acids is 1. The van der Waals surface area contributed by atoms with Crippen LogP contribution < -0.4 is 16.4 Å². The summed E-state index contributed by atoms with van der Waals surface area (Å²) in [4.78, 5) is 33.6. The summed E-state index contributed by atoms with van der Waals surface area (Å²) in [6.07, 6.45) is -1.08. The highest BCUT2D eigenvalue weighted by atomic mass is 16.4. The molecule has 0 radical (unpaired) electrons. The maximum atomic E-state index is 11.5. The van der Waals surface area contributed by atoms with Crippen LogP contribution in [-0.2, 0) is 14.4 Å². The molecular weight excluding hydrogens is 258 g/mol. The monoisotopic (exact) mass is 277 g/mol. The van der Waals surface area contributed by atoms with Crippen molar-refractivity contribution in [3.63, 3.8) is 0 Å². The van der Waals surface area contributed by atoms with Crippen LogP contribution in [0.5, 0.6) is 0 Å². The first-order valence-electron chi connectivity index (χ1n) is 5.58. The van der Waals surface area contributed by atoms with Gasteiger partial charge < -0.3 is 31.7 Å². The number of aliphatic hydroxyl groups is 2. The van der Waals surface area contributed by atoms with Gasteiger partial charge >= 0.3 is 5.97 Å². The SMILES string of the molecule is CC(NC(=O)C(N)C(C)O)C(=O)NC(CO)C(=O)O. The highest BCUT2D eigenvalue weighted by molar-refractivity contribution is 5.91. The first kappa shape index (κ1) is 17.3. The molecule has 110 valence electrons. The Labute approximate surface area is 109 Å². The third kappa shape index (κ3) is 5.64. The molecular formula is C10H19N3O6. The fourth-order valence-electron chi connectivity index (χ4n) is 1.08. The summed E-state index contributed by atoms with van der Waals surface area (Å²) in [6.45, 7) is 1.87. The Kier molecular flexibility index (Phi) is 6.98. The predicted octanol–water partition coefficient (Wildman–Crippen LogP) is -3.24. The highest BCUT2D eigenvalue weighted by Crippen LogP contribution is 1.92. The molecule has 9 heteroatoms. The molecule has 7 N–H and O–H groups in total. The second-order valence-corrected chi connectivity index (χ2v) is 4.08. The van der Waals surface area contributed by atoms with Crippen LogP contribution >= 0.6 is 0 Å². The van der Waals surface area contributed by atoms with Crippen LogP contribution in [0, 0.1) is 0 Å². The Morgan fingerprint density at radius 1 is 1.16 bits per heavy atom. The number of hydrogen-bond acceptors (Lipinski definition) is 6. The second-order valence-electron chi connectivity index (χ2n) is 4.08. The molecule has 0 saturated heterocycles. The van der Waals surface area contributed by atoms with Crippen molar-refractivity contribution in [2.24, 2.45) is 5.73 Å². The van der Waals surface area contributed by atoms with Crippen LogP contribution in [0.4, 0.5) is 0 Å². The molecule has 0 fully saturated rings. The first-order chi connectivity index (χ1) is 8.70. The van der Waals surface area contributed by atoms with Gasteiger partial charge in [-0.15, -0.1) is 0 Å². The van der Waals surface area contributed by atoms with Crippen LogP contribution in [-0.4, -0.2) is 63.9 Å². The van der Waals surface area contributed by atoms with Crippen molar-refractivity contribution in [2.75, 3.05) is 6.61 Å². The maximum absolute atomic E-state index is 11.5. The normalized spacial score (nSPS) is 16.9. The minimum absolute atomic E-state index is 0.742. The fourth-order valence-corrected chi connectivity index (χ4v) is 1.08. The van der Waals surface area contributed by atoms with E-state index in [1.807, 2.05) is 5.32 Å². The van der Waals surface area contributed by atoms with Crippen molar-refractivity contribution in [3.05, 3.63) is 0 Å². The van der Waals surface area contributed by atoms with E-state index in [2.05, 4.69) is 5.32 Å². The number of aliphatic hydroxyl groups excluding tert-OH is 2. The van der Waals surface area contributed by atoms with Gasteiger partial charge in [0.1, 0.15) is 18.1 Å². The molecule has 0 aromatic heterocycles. The van der Waals surface area contributed by atoms with Gasteiger partial charge in [-0.05, 0) is 13.8 Å². The lowest BCUT2D eigenvalue weighted by Gasteiger charge is -2.20. The zero-order chi connectivity index (χ0) is 15.2. The largest absolute Gasteiger partial charge is 0.480 e. The molecule has 0 aliphatic rings. The number of carboxylic acid groups (broad SMARTS) is 1. The van der Waals surface area contributed by atoms with E-state index in [1.165, 1.54) is 13.8 Å². The maximum Gasteiger partial charge on any atom is 0.328 e. The van der Waals surface area contributed by atoms with Crippen LogP contribution in [0.25, 0.3) is 0 Å². The number of rotatable bonds is 7. The van der Waals surface area contributed by atoms with E-state index < -0.39 is 48.6 Å². The van der Waals surface area contributed by atoms with Crippen molar-refractivity contribution >= 4 is 17.8 Å². The van der Waals surface area contributed by atoms with Crippen molar-refractivity contribution < 1.29 is 29.7 Å². The van der Waals surface area contributed by atoms with Gasteiger partial charge in [0.15, 0.2) is 0 Å². The summed E-state index contributed by atoms with van der Waals surface area (Å²) in [5.41, 5.74) is 5.36. The van der Waals surface area contributed by atoms with Gasteiger partial charge in [-0.1, -0.05) is 0 Å². The number of carbonyl (C=O) groups excluding carboxylic acids is 2. The van der Waals surface area contributed by atoms with E-state index >= 15 is 0 Å². The van der Waals surface area contributed by atoms with E-state index in [-0.39, 0.29) is 0 Å². The standard InChI is InChI=1S/C10H19N3O6/c1-4(12-9(17)7(11)5(2)15)8(16)13-6(3-14)10(18)19/h4-7,14-15H,3,11H2,1-2H3,(H,12,17)(H,13,16)(H,18,19). The number of nitrogens with two attached hydrogens (primary N) is 1. The number of amides is 2. The zero-order valence-corrected chi connectivity index (χ0v) is 10.7. The molecule has 0 rings (SSSR count). The topological polar surface area (TPSA) is 162 Å². The van der Waals surface area contributed by atoms with Gasteiger partial charge in [0.2, 0.25) is 11.8 Å². The van der Waals surface area contributed by atoms with Crippen LogP contribution in [0.15, 0.2) is 0 Å². The molecule has 0 saturated carbocycles. The van der Waals surface area contributed by atoms with E-state index in [0.717, 1.165) is 0 Å². The molecule has 9 nitrogen and oxygen atoms in total. The quantitative estimate of drug-likeness (QED) is 0.285. The molecule has 0 aromatic rings. The van der Waals surface area contributed by atoms with Crippen LogP contribution in [0.2, 0.25) is 0 Å². The molecule has 0 spiro atoms. The lowest BCUT2D eigenvalue weighted by Crippen LogP contribution is -2.55. The molecule has 19 heavy (non-hydrogen) atoms. The first-order valence-corrected chi connectivity index (χ1v) is 5.58. The lowest BCUT2D eigenvalue weighted by molar-refractivity contribution is -0.143. The molecule has 0 aliphatic carbocycles. The van der Waals surface area contributed by atoms with Crippen LogP contribution in [0.3, 0.4) is 0 Å². The van der Waals surface area contributed by atoms with Crippen molar-refractivity contribution in [2.45, 2.75) is 38.1 Å². The Morgan fingerprint density at radius 2 is 1.68 bits per heavy atom. The van der Waals surface area contributed by atoms with Gasteiger partial charge in [0, 0.05) is 0 Å². The highest BCUT2D eigenvalue weighted by Gasteiger charge is 2.26. The summed E-state index contributed by atoms with van der Waals surface area (Å²) in [5.74, 6) is -2.92. The smallest absolute Gasteiger partial charge is 0.328 e. The second kappa shape index (κ2) is 7.67. The van der Waals surface area contributed by atoms with Gasteiger partial charge in [0.05, 0.1) is 12.7 Å². The van der Waals surface area contributed by atoms with E-state index in [9.17, 15) is 14.4 Å². The molecule has 4 atom stereocenters. The molecule has 0 aromatic carbocycles. The number of carbonyl (C=O) groups is 3. The molecule has 4 unspecified atom stereocenters. The number of hydrogen-bond donors (Lipinski definition) is 6. The van der Waals surface area contributed by atoms with Gasteiger partial charge in [-0.25, -0.2) is 4.79 Å². The van der Waals surface area contributed by atoms with E-state index in [4.69, 9.17) is 21.1 Å². The summed E-state index contributed by atoms with van der Waals surface area (Å²) >= 11 is 0. The van der Waals surface area contributed by atoms with Gasteiger partial charge in [-0.3, -0.25) is 9.59 Å². The Balaban J connectivity index is 4.42. The Hall–Kier alpha value is -1.71. The van der Waals surface area contributed by atoms with Crippen molar-refractivity contribution in [1.82, 2.24) is 10.6 Å². The Bertz CT molecular complexity index is 346. The lowest BCUT2D eigenvalue weighted by atomic mass is 10.1. The third-order valence-corrected chi connectivity index (χ3v) is 2.37. The predicted molar refractivity (Wildman–Crippen MR) is 63.9 cm³/mol. The summed E-state index contributed by atoms with van der Waals surface area (Å²) in [7, 11) is 0. The third-order valence-electron chi connectivity index (χ3n) is 2.37. The molecule has 0 heterocycles. The average molecular weight is 277 g/mol. The summed E-state index contributed by atoms with van der Waals surface area (Å²) in [5, 5.41) is 30.7. The summed E-state index contributed by atoms with van der Waals surface area (Å²) < 4.78 is 0. The minimum Gasteiger partial charge on any atom is -0.480 e. The number of nitrogens with one attached hydrogen (secondary N) is 2. The number of aliphatic carboxylic acids is 1. The zero-order valence-electron chi connectivity index (χ0n) is 10.7. The summed E-state index contributed by atoms with van der Waals surface area (Å²) in [6, 6.07) is -3.69. The average Bonchev–Trinajstić information content (AvgIpc) is 2.33. The minimum atomic E-state index is -1.45. The molecule has 0 bridgehead atoms. The fraction of sp³-hybridized carbons (Fsp3) is 0.700.